The largest absolute Gasteiger partial charge is 0.337 e. The van der Waals surface area contributed by atoms with Crippen molar-refractivity contribution in [3.05, 3.63) is 65.5 Å². The lowest BCUT2D eigenvalue weighted by atomic mass is 10.0. The number of likely N-dealkylation sites (N-methyl/N-ethyl adjacent to an activating group) is 2. The van der Waals surface area contributed by atoms with Gasteiger partial charge in [-0.15, -0.1) is 0 Å². The number of hydrogen-bond donors (Lipinski definition) is 0. The molecule has 1 aromatic heterocycles. The van der Waals surface area contributed by atoms with Crippen molar-refractivity contribution >= 4 is 5.91 Å². The summed E-state index contributed by atoms with van der Waals surface area (Å²) in [6, 6.07) is 11.8. The van der Waals surface area contributed by atoms with Crippen molar-refractivity contribution < 1.29 is 4.79 Å². The molecule has 0 radical (unpaired) electrons. The van der Waals surface area contributed by atoms with Crippen molar-refractivity contribution in [3.63, 3.8) is 0 Å². The third-order valence-corrected chi connectivity index (χ3v) is 3.92. The summed E-state index contributed by atoms with van der Waals surface area (Å²) in [6.07, 6.45) is 3.52. The Morgan fingerprint density at radius 1 is 1.17 bits per heavy atom. The van der Waals surface area contributed by atoms with Crippen LogP contribution in [0.15, 0.2) is 48.8 Å². The standard InChI is InChI=1S/C19H25N3O/c1-5-22(14-16-9-11-20-12-10-16)19(23)18(21(3)4)17-8-6-7-15(2)13-17/h6-13,18H,5,14H2,1-4H3/t18-/m0/s1. The first kappa shape index (κ1) is 17.2. The van der Waals surface area contributed by atoms with Crippen molar-refractivity contribution in [2.24, 2.45) is 0 Å². The molecule has 0 unspecified atom stereocenters. The van der Waals surface area contributed by atoms with Crippen molar-refractivity contribution in [1.82, 2.24) is 14.8 Å². The van der Waals surface area contributed by atoms with Gasteiger partial charge in [0.2, 0.25) is 5.91 Å². The number of benzene rings is 1. The third kappa shape index (κ3) is 4.39. The van der Waals surface area contributed by atoms with E-state index >= 15 is 0 Å². The molecule has 4 heteroatoms. The summed E-state index contributed by atoms with van der Waals surface area (Å²) in [5.41, 5.74) is 3.30. The molecule has 1 amide bonds. The Kier molecular flexibility index (Phi) is 5.88. The van der Waals surface area contributed by atoms with Crippen LogP contribution in [0, 0.1) is 6.92 Å². The Balaban J connectivity index is 2.25. The molecule has 0 bridgehead atoms. The van der Waals surface area contributed by atoms with E-state index in [1.165, 1.54) is 5.56 Å². The van der Waals surface area contributed by atoms with Gasteiger partial charge in [0.05, 0.1) is 0 Å². The van der Waals surface area contributed by atoms with Crippen LogP contribution in [0.5, 0.6) is 0 Å². The molecule has 4 nitrogen and oxygen atoms in total. The molecule has 0 spiro atoms. The molecule has 122 valence electrons. The van der Waals surface area contributed by atoms with Crippen LogP contribution in [-0.4, -0.2) is 41.3 Å². The number of amides is 1. The highest BCUT2D eigenvalue weighted by molar-refractivity contribution is 5.83. The molecule has 0 saturated carbocycles. The van der Waals surface area contributed by atoms with E-state index in [1.807, 2.05) is 55.1 Å². The minimum absolute atomic E-state index is 0.125. The summed E-state index contributed by atoms with van der Waals surface area (Å²) >= 11 is 0. The summed E-state index contributed by atoms with van der Waals surface area (Å²) in [5, 5.41) is 0. The molecular formula is C19H25N3O. The number of carbonyl (C=O) groups is 1. The second-order valence-corrected chi connectivity index (χ2v) is 5.99. The second-order valence-electron chi connectivity index (χ2n) is 5.99. The minimum Gasteiger partial charge on any atom is -0.337 e. The van der Waals surface area contributed by atoms with Gasteiger partial charge in [0.1, 0.15) is 6.04 Å². The summed E-state index contributed by atoms with van der Waals surface area (Å²) in [4.78, 5) is 21.0. The number of nitrogens with zero attached hydrogens (tertiary/aromatic N) is 3. The number of aromatic nitrogens is 1. The summed E-state index contributed by atoms with van der Waals surface area (Å²) in [6.45, 7) is 5.35. The zero-order chi connectivity index (χ0) is 16.8. The number of aryl methyl sites for hydroxylation is 1. The maximum absolute atomic E-state index is 13.1. The van der Waals surface area contributed by atoms with Gasteiger partial charge < -0.3 is 4.90 Å². The fourth-order valence-corrected chi connectivity index (χ4v) is 2.73. The zero-order valence-electron chi connectivity index (χ0n) is 14.4. The van der Waals surface area contributed by atoms with Crippen molar-refractivity contribution in [2.45, 2.75) is 26.4 Å². The zero-order valence-corrected chi connectivity index (χ0v) is 14.4. The molecule has 2 aromatic rings. The molecule has 1 heterocycles. The third-order valence-electron chi connectivity index (χ3n) is 3.92. The number of rotatable bonds is 6. The van der Waals surface area contributed by atoms with Gasteiger partial charge in [-0.1, -0.05) is 29.8 Å². The predicted octanol–water partition coefficient (Wildman–Crippen LogP) is 3.04. The van der Waals surface area contributed by atoms with Gasteiger partial charge in [-0.25, -0.2) is 0 Å². The smallest absolute Gasteiger partial charge is 0.244 e. The summed E-state index contributed by atoms with van der Waals surface area (Å²) < 4.78 is 0. The highest BCUT2D eigenvalue weighted by Gasteiger charge is 2.27. The topological polar surface area (TPSA) is 36.4 Å². The van der Waals surface area contributed by atoms with E-state index in [-0.39, 0.29) is 11.9 Å². The number of pyridine rings is 1. The lowest BCUT2D eigenvalue weighted by molar-refractivity contribution is -0.136. The first-order chi connectivity index (χ1) is 11.0. The van der Waals surface area contributed by atoms with E-state index < -0.39 is 0 Å². The molecule has 0 N–H and O–H groups in total. The average Bonchev–Trinajstić information content (AvgIpc) is 2.53. The minimum atomic E-state index is -0.267. The van der Waals surface area contributed by atoms with Crippen LogP contribution < -0.4 is 0 Å². The van der Waals surface area contributed by atoms with Crippen molar-refractivity contribution in [1.29, 1.82) is 0 Å². The molecule has 2 rings (SSSR count). The van der Waals surface area contributed by atoms with Crippen LogP contribution in [0.1, 0.15) is 29.7 Å². The molecule has 0 saturated heterocycles. The highest BCUT2D eigenvalue weighted by atomic mass is 16.2. The van der Waals surface area contributed by atoms with Crippen LogP contribution in [0.4, 0.5) is 0 Å². The van der Waals surface area contributed by atoms with Crippen LogP contribution in [0.25, 0.3) is 0 Å². The van der Waals surface area contributed by atoms with Gasteiger partial charge in [-0.3, -0.25) is 14.7 Å². The molecule has 0 aliphatic rings. The Bertz CT molecular complexity index is 640. The quantitative estimate of drug-likeness (QED) is 0.823. The van der Waals surface area contributed by atoms with Gasteiger partial charge in [-0.2, -0.15) is 0 Å². The molecular weight excluding hydrogens is 286 g/mol. The molecule has 23 heavy (non-hydrogen) atoms. The Hall–Kier alpha value is -2.20. The van der Waals surface area contributed by atoms with E-state index in [9.17, 15) is 4.79 Å². The predicted molar refractivity (Wildman–Crippen MR) is 92.9 cm³/mol. The highest BCUT2D eigenvalue weighted by Crippen LogP contribution is 2.22. The van der Waals surface area contributed by atoms with E-state index in [2.05, 4.69) is 24.0 Å². The summed E-state index contributed by atoms with van der Waals surface area (Å²) in [5.74, 6) is 0.125. The monoisotopic (exact) mass is 311 g/mol. The van der Waals surface area contributed by atoms with Crippen LogP contribution in [-0.2, 0) is 11.3 Å². The van der Waals surface area contributed by atoms with Crippen LogP contribution in [0.2, 0.25) is 0 Å². The first-order valence-corrected chi connectivity index (χ1v) is 7.93. The maximum Gasteiger partial charge on any atom is 0.244 e. The van der Waals surface area contributed by atoms with Gasteiger partial charge >= 0.3 is 0 Å². The molecule has 1 aromatic carbocycles. The van der Waals surface area contributed by atoms with Crippen LogP contribution in [0.3, 0.4) is 0 Å². The number of carbonyl (C=O) groups excluding carboxylic acids is 1. The molecule has 0 aliphatic heterocycles. The van der Waals surface area contributed by atoms with Crippen molar-refractivity contribution in [3.8, 4) is 0 Å². The average molecular weight is 311 g/mol. The Morgan fingerprint density at radius 2 is 1.87 bits per heavy atom. The lowest BCUT2D eigenvalue weighted by Gasteiger charge is -2.30. The fourth-order valence-electron chi connectivity index (χ4n) is 2.73. The van der Waals surface area contributed by atoms with E-state index in [0.29, 0.717) is 13.1 Å². The first-order valence-electron chi connectivity index (χ1n) is 7.93. The number of hydrogen-bond acceptors (Lipinski definition) is 3. The van der Waals surface area contributed by atoms with Crippen molar-refractivity contribution in [2.75, 3.05) is 20.6 Å². The van der Waals surface area contributed by atoms with Crippen LogP contribution >= 0.6 is 0 Å². The van der Waals surface area contributed by atoms with Gasteiger partial charge in [0.25, 0.3) is 0 Å². The summed E-state index contributed by atoms with van der Waals surface area (Å²) in [7, 11) is 3.90. The normalized spacial score (nSPS) is 12.2. The molecule has 0 aliphatic carbocycles. The van der Waals surface area contributed by atoms with E-state index in [0.717, 1.165) is 11.1 Å². The maximum atomic E-state index is 13.1. The Labute approximate surface area is 138 Å². The Morgan fingerprint density at radius 3 is 2.43 bits per heavy atom. The van der Waals surface area contributed by atoms with E-state index in [1.54, 1.807) is 12.4 Å². The SMILES string of the molecule is CCN(Cc1ccncc1)C(=O)[C@H](c1cccc(C)c1)N(C)C. The lowest BCUT2D eigenvalue weighted by Crippen LogP contribution is -2.40. The van der Waals surface area contributed by atoms with Gasteiger partial charge in [-0.05, 0) is 51.2 Å². The van der Waals surface area contributed by atoms with Gasteiger partial charge in [0, 0.05) is 25.5 Å². The second kappa shape index (κ2) is 7.88. The van der Waals surface area contributed by atoms with E-state index in [4.69, 9.17) is 0 Å². The fraction of sp³-hybridized carbons (Fsp3) is 0.368. The molecule has 1 atom stereocenters. The van der Waals surface area contributed by atoms with Gasteiger partial charge in [0.15, 0.2) is 0 Å². The molecule has 0 fully saturated rings.